The smallest absolute Gasteiger partial charge is 0.0821 e. The van der Waals surface area contributed by atoms with Crippen molar-refractivity contribution >= 4 is 0 Å². The Morgan fingerprint density at radius 2 is 1.89 bits per heavy atom. The van der Waals surface area contributed by atoms with Crippen LogP contribution in [0.5, 0.6) is 0 Å². The minimum Gasteiger partial charge on any atom is -0.394 e. The molecule has 0 aliphatic carbocycles. The van der Waals surface area contributed by atoms with Gasteiger partial charge in [-0.2, -0.15) is 0 Å². The monoisotopic (exact) mass is 132 g/mol. The molecule has 2 nitrogen and oxygen atoms in total. The van der Waals surface area contributed by atoms with Gasteiger partial charge >= 0.3 is 0 Å². The second-order valence-electron chi connectivity index (χ2n) is 3.04. The van der Waals surface area contributed by atoms with Gasteiger partial charge in [0.15, 0.2) is 0 Å². The summed E-state index contributed by atoms with van der Waals surface area (Å²) in [7, 11) is 0. The molecule has 1 atom stereocenters. The zero-order chi connectivity index (χ0) is 7.49. The Bertz CT molecular complexity index is 79.0. The second-order valence-corrected chi connectivity index (χ2v) is 3.04. The van der Waals surface area contributed by atoms with E-state index in [1.165, 1.54) is 0 Å². The van der Waals surface area contributed by atoms with Crippen molar-refractivity contribution in [2.24, 2.45) is 5.41 Å². The van der Waals surface area contributed by atoms with Crippen LogP contribution in [0.4, 0.5) is 0 Å². The number of aliphatic hydroxyl groups is 2. The van der Waals surface area contributed by atoms with Gasteiger partial charge in [-0.05, 0) is 11.8 Å². The normalized spacial score (nSPS) is 15.7. The van der Waals surface area contributed by atoms with Crippen molar-refractivity contribution in [2.75, 3.05) is 6.61 Å². The van der Waals surface area contributed by atoms with Gasteiger partial charge in [0.05, 0.1) is 12.7 Å². The molecular formula is C7H16O2. The van der Waals surface area contributed by atoms with Gasteiger partial charge in [-0.15, -0.1) is 0 Å². The van der Waals surface area contributed by atoms with Gasteiger partial charge in [0, 0.05) is 0 Å². The molecule has 0 spiro atoms. The van der Waals surface area contributed by atoms with Crippen LogP contribution in [0, 0.1) is 5.41 Å². The third-order valence-electron chi connectivity index (χ3n) is 1.99. The summed E-state index contributed by atoms with van der Waals surface area (Å²) in [4.78, 5) is 0. The van der Waals surface area contributed by atoms with Crippen molar-refractivity contribution in [1.29, 1.82) is 0 Å². The Kier molecular flexibility index (Phi) is 3.15. The molecule has 0 radical (unpaired) electrons. The first-order valence-electron chi connectivity index (χ1n) is 3.33. The van der Waals surface area contributed by atoms with Crippen LogP contribution in [0.15, 0.2) is 0 Å². The highest BCUT2D eigenvalue weighted by Gasteiger charge is 2.24. The number of rotatable bonds is 3. The highest BCUT2D eigenvalue weighted by atomic mass is 16.3. The first-order valence-corrected chi connectivity index (χ1v) is 3.33. The maximum absolute atomic E-state index is 9.14. The molecular weight excluding hydrogens is 116 g/mol. The van der Waals surface area contributed by atoms with Crippen molar-refractivity contribution in [3.8, 4) is 0 Å². The molecule has 0 aromatic heterocycles. The highest BCUT2D eigenvalue weighted by Crippen LogP contribution is 2.23. The summed E-state index contributed by atoms with van der Waals surface area (Å²) in [6, 6.07) is 0. The summed E-state index contributed by atoms with van der Waals surface area (Å²) in [5.74, 6) is 0. The van der Waals surface area contributed by atoms with Gasteiger partial charge in [0.2, 0.25) is 0 Å². The van der Waals surface area contributed by atoms with Gasteiger partial charge in [-0.1, -0.05) is 20.8 Å². The third kappa shape index (κ3) is 2.33. The molecule has 1 unspecified atom stereocenters. The van der Waals surface area contributed by atoms with Gasteiger partial charge in [0.25, 0.3) is 0 Å². The topological polar surface area (TPSA) is 40.5 Å². The molecule has 0 saturated heterocycles. The number of hydrogen-bond acceptors (Lipinski definition) is 2. The lowest BCUT2D eigenvalue weighted by atomic mass is 9.84. The number of hydrogen-bond donors (Lipinski definition) is 2. The molecule has 2 heteroatoms. The molecule has 0 rings (SSSR count). The summed E-state index contributed by atoms with van der Waals surface area (Å²) in [5.41, 5.74) is -0.144. The molecule has 0 saturated carbocycles. The van der Waals surface area contributed by atoms with Crippen LogP contribution in [0.2, 0.25) is 0 Å². The van der Waals surface area contributed by atoms with Crippen LogP contribution < -0.4 is 0 Å². The van der Waals surface area contributed by atoms with E-state index in [0.29, 0.717) is 0 Å². The number of aliphatic hydroxyl groups excluding tert-OH is 2. The van der Waals surface area contributed by atoms with E-state index in [9.17, 15) is 0 Å². The van der Waals surface area contributed by atoms with Crippen LogP contribution in [0.3, 0.4) is 0 Å². The maximum Gasteiger partial charge on any atom is 0.0821 e. The fourth-order valence-corrected chi connectivity index (χ4v) is 0.483. The SMILES string of the molecule is CCC(C)(C)C(O)CO. The van der Waals surface area contributed by atoms with Crippen molar-refractivity contribution in [3.63, 3.8) is 0 Å². The highest BCUT2D eigenvalue weighted by molar-refractivity contribution is 4.74. The van der Waals surface area contributed by atoms with Crippen LogP contribution in [-0.4, -0.2) is 22.9 Å². The zero-order valence-electron chi connectivity index (χ0n) is 6.39. The van der Waals surface area contributed by atoms with Gasteiger partial charge in [-0.25, -0.2) is 0 Å². The lowest BCUT2D eigenvalue weighted by Gasteiger charge is -2.27. The molecule has 0 aliphatic rings. The standard InChI is InChI=1S/C7H16O2/c1-4-7(2,3)6(9)5-8/h6,8-9H,4-5H2,1-3H3. The quantitative estimate of drug-likeness (QED) is 0.595. The van der Waals surface area contributed by atoms with E-state index in [-0.39, 0.29) is 12.0 Å². The molecule has 0 aliphatic heterocycles. The van der Waals surface area contributed by atoms with Gasteiger partial charge in [0.1, 0.15) is 0 Å². The molecule has 0 amide bonds. The van der Waals surface area contributed by atoms with E-state index in [2.05, 4.69) is 0 Å². The third-order valence-corrected chi connectivity index (χ3v) is 1.99. The minimum absolute atomic E-state index is 0.138. The summed E-state index contributed by atoms with van der Waals surface area (Å²) in [6.07, 6.45) is 0.303. The van der Waals surface area contributed by atoms with E-state index in [1.54, 1.807) is 0 Å². The lowest BCUT2D eigenvalue weighted by molar-refractivity contribution is 0.00171. The summed E-state index contributed by atoms with van der Waals surface area (Å²) in [5, 5.41) is 17.7. The van der Waals surface area contributed by atoms with Crippen molar-refractivity contribution in [1.82, 2.24) is 0 Å². The first-order chi connectivity index (χ1) is 4.04. The zero-order valence-corrected chi connectivity index (χ0v) is 6.39. The molecule has 0 aromatic rings. The molecule has 0 heterocycles. The second kappa shape index (κ2) is 3.18. The molecule has 56 valence electrons. The average molecular weight is 132 g/mol. The fraction of sp³-hybridized carbons (Fsp3) is 1.00. The van der Waals surface area contributed by atoms with E-state index in [4.69, 9.17) is 10.2 Å². The Morgan fingerprint density at radius 1 is 1.44 bits per heavy atom. The fourth-order valence-electron chi connectivity index (χ4n) is 0.483. The van der Waals surface area contributed by atoms with Crippen LogP contribution in [-0.2, 0) is 0 Å². The van der Waals surface area contributed by atoms with E-state index >= 15 is 0 Å². The predicted molar refractivity (Wildman–Crippen MR) is 37.2 cm³/mol. The Hall–Kier alpha value is -0.0800. The molecule has 2 N–H and O–H groups in total. The minimum atomic E-state index is -0.581. The molecule has 0 aromatic carbocycles. The van der Waals surface area contributed by atoms with E-state index < -0.39 is 6.10 Å². The Morgan fingerprint density at radius 3 is 2.00 bits per heavy atom. The lowest BCUT2D eigenvalue weighted by Crippen LogP contribution is -2.31. The van der Waals surface area contributed by atoms with Gasteiger partial charge < -0.3 is 10.2 Å². The Labute approximate surface area is 56.5 Å². The van der Waals surface area contributed by atoms with E-state index in [1.807, 2.05) is 20.8 Å². The van der Waals surface area contributed by atoms with Crippen LogP contribution in [0.25, 0.3) is 0 Å². The van der Waals surface area contributed by atoms with E-state index in [0.717, 1.165) is 6.42 Å². The summed E-state index contributed by atoms with van der Waals surface area (Å²) >= 11 is 0. The largest absolute Gasteiger partial charge is 0.394 e. The average Bonchev–Trinajstić information content (AvgIpc) is 1.86. The maximum atomic E-state index is 9.14. The summed E-state index contributed by atoms with van der Waals surface area (Å²) < 4.78 is 0. The van der Waals surface area contributed by atoms with Crippen LogP contribution in [0.1, 0.15) is 27.2 Å². The molecule has 9 heavy (non-hydrogen) atoms. The molecule has 0 bridgehead atoms. The molecule has 0 fully saturated rings. The van der Waals surface area contributed by atoms with Crippen molar-refractivity contribution in [3.05, 3.63) is 0 Å². The van der Waals surface area contributed by atoms with Crippen molar-refractivity contribution in [2.45, 2.75) is 33.3 Å². The first kappa shape index (κ1) is 8.92. The summed E-state index contributed by atoms with van der Waals surface area (Å²) in [6.45, 7) is 5.74. The predicted octanol–water partition coefficient (Wildman–Crippen LogP) is 0.776. The van der Waals surface area contributed by atoms with Crippen molar-refractivity contribution < 1.29 is 10.2 Å². The van der Waals surface area contributed by atoms with Gasteiger partial charge in [-0.3, -0.25) is 0 Å². The Balaban J connectivity index is 3.80. The van der Waals surface area contributed by atoms with Crippen LogP contribution >= 0.6 is 0 Å².